The van der Waals surface area contributed by atoms with Crippen molar-refractivity contribution in [3.05, 3.63) is 23.8 Å². The van der Waals surface area contributed by atoms with Crippen molar-refractivity contribution in [2.45, 2.75) is 0 Å². The van der Waals surface area contributed by atoms with Gasteiger partial charge in [-0.25, -0.2) is 0 Å². The number of benzene rings is 1. The number of carbonyl (C=O) groups excluding carboxylic acids is 1. The summed E-state index contributed by atoms with van der Waals surface area (Å²) in [4.78, 5) is 18.5. The second-order valence-electron chi connectivity index (χ2n) is 5.44. The van der Waals surface area contributed by atoms with Gasteiger partial charge >= 0.3 is 0 Å². The van der Waals surface area contributed by atoms with Gasteiger partial charge in [0.25, 0.3) is 5.91 Å². The van der Waals surface area contributed by atoms with Crippen molar-refractivity contribution < 1.29 is 4.79 Å². The minimum absolute atomic E-state index is 0.0346. The highest BCUT2D eigenvalue weighted by Gasteiger charge is 2.22. The molecule has 5 heteroatoms. The van der Waals surface area contributed by atoms with Crippen LogP contribution in [-0.4, -0.2) is 62.5 Å². The number of nitrogens with zero attached hydrogens (tertiary/aromatic N) is 3. The lowest BCUT2D eigenvalue weighted by molar-refractivity contribution is 0.0652. The van der Waals surface area contributed by atoms with E-state index in [-0.39, 0.29) is 5.91 Å². The van der Waals surface area contributed by atoms with Gasteiger partial charge in [0.15, 0.2) is 0 Å². The number of piperazine rings is 1. The van der Waals surface area contributed by atoms with Gasteiger partial charge in [0, 0.05) is 45.8 Å². The Hall–Kier alpha value is -2.19. The van der Waals surface area contributed by atoms with Crippen LogP contribution in [0.4, 0.5) is 11.4 Å². The van der Waals surface area contributed by atoms with Gasteiger partial charge < -0.3 is 15.5 Å². The first-order chi connectivity index (χ1) is 10.0. The predicted molar refractivity (Wildman–Crippen MR) is 86.4 cm³/mol. The Bertz CT molecular complexity index is 554. The van der Waals surface area contributed by atoms with Crippen molar-refractivity contribution >= 4 is 17.3 Å². The molecule has 0 radical (unpaired) electrons. The second kappa shape index (κ2) is 6.51. The Balaban J connectivity index is 2.04. The van der Waals surface area contributed by atoms with Gasteiger partial charge in [0.2, 0.25) is 0 Å². The largest absolute Gasteiger partial charge is 0.397 e. The van der Waals surface area contributed by atoms with Crippen LogP contribution in [0, 0.1) is 12.3 Å². The van der Waals surface area contributed by atoms with Crippen LogP contribution in [0.1, 0.15) is 10.4 Å². The van der Waals surface area contributed by atoms with Gasteiger partial charge in [-0.15, -0.1) is 6.42 Å². The Morgan fingerprint density at radius 1 is 1.33 bits per heavy atom. The summed E-state index contributed by atoms with van der Waals surface area (Å²) < 4.78 is 0. The maximum Gasteiger partial charge on any atom is 0.254 e. The fourth-order valence-corrected chi connectivity index (χ4v) is 2.52. The first kappa shape index (κ1) is 15.2. The van der Waals surface area contributed by atoms with Crippen LogP contribution in [0.15, 0.2) is 18.2 Å². The number of nitrogens with two attached hydrogens (primary N) is 1. The molecule has 0 saturated carbocycles. The average Bonchev–Trinajstić information content (AvgIpc) is 2.47. The van der Waals surface area contributed by atoms with Crippen LogP contribution in [0.2, 0.25) is 0 Å². The van der Waals surface area contributed by atoms with E-state index >= 15 is 0 Å². The molecule has 0 unspecified atom stereocenters. The highest BCUT2D eigenvalue weighted by molar-refractivity contribution is 5.96. The van der Waals surface area contributed by atoms with Crippen molar-refractivity contribution in [2.75, 3.05) is 57.5 Å². The van der Waals surface area contributed by atoms with E-state index in [4.69, 9.17) is 12.2 Å². The molecule has 0 aliphatic carbocycles. The maximum atomic E-state index is 12.5. The molecule has 1 fully saturated rings. The lowest BCUT2D eigenvalue weighted by Crippen LogP contribution is -2.48. The number of terminal acetylenes is 1. The molecule has 1 aliphatic heterocycles. The standard InChI is InChI=1S/C16H22N4O/c1-4-7-19-8-10-20(11-9-19)16(21)13-5-6-15(18(2)3)14(17)12-13/h1,5-6,12H,7-11,17H2,2-3H3. The third-order valence-corrected chi connectivity index (χ3v) is 3.73. The molecule has 2 N–H and O–H groups in total. The van der Waals surface area contributed by atoms with E-state index in [1.165, 1.54) is 0 Å². The second-order valence-corrected chi connectivity index (χ2v) is 5.44. The molecule has 2 rings (SSSR count). The summed E-state index contributed by atoms with van der Waals surface area (Å²) in [5.74, 6) is 2.67. The third-order valence-electron chi connectivity index (χ3n) is 3.73. The van der Waals surface area contributed by atoms with E-state index in [2.05, 4.69) is 10.8 Å². The van der Waals surface area contributed by atoms with Crippen molar-refractivity contribution in [3.8, 4) is 12.3 Å². The molecule has 1 heterocycles. The van der Waals surface area contributed by atoms with Crippen molar-refractivity contribution in [1.29, 1.82) is 0 Å². The molecule has 1 aromatic carbocycles. The molecular weight excluding hydrogens is 264 g/mol. The zero-order valence-corrected chi connectivity index (χ0v) is 12.7. The molecule has 1 aliphatic rings. The zero-order valence-electron chi connectivity index (χ0n) is 12.7. The van der Waals surface area contributed by atoms with Crippen LogP contribution in [-0.2, 0) is 0 Å². The Labute approximate surface area is 126 Å². The first-order valence-corrected chi connectivity index (χ1v) is 7.05. The highest BCUT2D eigenvalue weighted by Crippen LogP contribution is 2.23. The Morgan fingerprint density at radius 3 is 2.52 bits per heavy atom. The number of rotatable bonds is 3. The number of hydrogen-bond acceptors (Lipinski definition) is 4. The molecule has 1 saturated heterocycles. The summed E-state index contributed by atoms with van der Waals surface area (Å²) in [5, 5.41) is 0. The smallest absolute Gasteiger partial charge is 0.254 e. The third kappa shape index (κ3) is 3.47. The minimum Gasteiger partial charge on any atom is -0.397 e. The molecule has 112 valence electrons. The molecule has 21 heavy (non-hydrogen) atoms. The number of carbonyl (C=O) groups is 1. The predicted octanol–water partition coefficient (Wildman–Crippen LogP) is 0.726. The lowest BCUT2D eigenvalue weighted by atomic mass is 10.1. The molecule has 0 aromatic heterocycles. The normalized spacial score (nSPS) is 15.6. The number of anilines is 2. The SMILES string of the molecule is C#CCN1CCN(C(=O)c2ccc(N(C)C)c(N)c2)CC1. The van der Waals surface area contributed by atoms with Crippen molar-refractivity contribution in [1.82, 2.24) is 9.80 Å². The van der Waals surface area contributed by atoms with Crippen molar-refractivity contribution in [2.24, 2.45) is 0 Å². The topological polar surface area (TPSA) is 52.8 Å². The Morgan fingerprint density at radius 2 is 2.00 bits per heavy atom. The van der Waals surface area contributed by atoms with Gasteiger partial charge in [0.1, 0.15) is 0 Å². The van der Waals surface area contributed by atoms with E-state index in [9.17, 15) is 4.79 Å². The van der Waals surface area contributed by atoms with Crippen LogP contribution in [0.3, 0.4) is 0 Å². The Kier molecular flexibility index (Phi) is 4.71. The van der Waals surface area contributed by atoms with Gasteiger partial charge in [-0.1, -0.05) is 5.92 Å². The van der Waals surface area contributed by atoms with Crippen LogP contribution < -0.4 is 10.6 Å². The monoisotopic (exact) mass is 286 g/mol. The molecule has 0 atom stereocenters. The number of hydrogen-bond donors (Lipinski definition) is 1. The molecule has 1 aromatic rings. The quantitative estimate of drug-likeness (QED) is 0.657. The summed E-state index contributed by atoms with van der Waals surface area (Å²) in [6, 6.07) is 5.48. The van der Waals surface area contributed by atoms with Crippen LogP contribution in [0.5, 0.6) is 0 Å². The molecule has 1 amide bonds. The van der Waals surface area contributed by atoms with E-state index in [0.29, 0.717) is 30.9 Å². The van der Waals surface area contributed by atoms with Crippen molar-refractivity contribution in [3.63, 3.8) is 0 Å². The molecule has 0 bridgehead atoms. The fourth-order valence-electron chi connectivity index (χ4n) is 2.52. The molecule has 5 nitrogen and oxygen atoms in total. The van der Waals surface area contributed by atoms with Crippen LogP contribution >= 0.6 is 0 Å². The summed E-state index contributed by atoms with van der Waals surface area (Å²) in [6.07, 6.45) is 5.31. The highest BCUT2D eigenvalue weighted by atomic mass is 16.2. The molecule has 0 spiro atoms. The fraction of sp³-hybridized carbons (Fsp3) is 0.438. The van der Waals surface area contributed by atoms with Gasteiger partial charge in [-0.2, -0.15) is 0 Å². The van der Waals surface area contributed by atoms with E-state index in [1.54, 1.807) is 6.07 Å². The summed E-state index contributed by atoms with van der Waals surface area (Å²) in [6.45, 7) is 3.70. The summed E-state index contributed by atoms with van der Waals surface area (Å²) >= 11 is 0. The average molecular weight is 286 g/mol. The first-order valence-electron chi connectivity index (χ1n) is 7.05. The molecular formula is C16H22N4O. The summed E-state index contributed by atoms with van der Waals surface area (Å²) in [7, 11) is 3.86. The van der Waals surface area contributed by atoms with E-state index < -0.39 is 0 Å². The van der Waals surface area contributed by atoms with E-state index in [1.807, 2.05) is 36.0 Å². The zero-order chi connectivity index (χ0) is 15.4. The van der Waals surface area contributed by atoms with Gasteiger partial charge in [-0.05, 0) is 18.2 Å². The lowest BCUT2D eigenvalue weighted by Gasteiger charge is -2.33. The maximum absolute atomic E-state index is 12.5. The summed E-state index contributed by atoms with van der Waals surface area (Å²) in [5.41, 5.74) is 8.19. The minimum atomic E-state index is 0.0346. The van der Waals surface area contributed by atoms with Gasteiger partial charge in [0.05, 0.1) is 17.9 Å². The van der Waals surface area contributed by atoms with Crippen LogP contribution in [0.25, 0.3) is 0 Å². The van der Waals surface area contributed by atoms with E-state index in [0.717, 1.165) is 18.8 Å². The number of nitrogen functional groups attached to an aromatic ring is 1. The number of amides is 1. The van der Waals surface area contributed by atoms with Gasteiger partial charge in [-0.3, -0.25) is 9.69 Å².